The lowest BCUT2D eigenvalue weighted by Crippen LogP contribution is -2.61. The third kappa shape index (κ3) is 10.7. The summed E-state index contributed by atoms with van der Waals surface area (Å²) in [5.41, 5.74) is 7.07. The average molecular weight is 717 g/mol. The maximum Gasteiger partial charge on any atom is 0.295 e. The monoisotopic (exact) mass is 716 g/mol. The summed E-state index contributed by atoms with van der Waals surface area (Å²) in [4.78, 5) is 59.7. The molecule has 0 saturated carbocycles. The number of aliphatic hydroxyl groups is 1. The van der Waals surface area contributed by atoms with Gasteiger partial charge in [0, 0.05) is 47.9 Å². The molecular weight excluding hydrogens is 668 g/mol. The Hall–Kier alpha value is -4.58. The van der Waals surface area contributed by atoms with Crippen molar-refractivity contribution in [2.45, 2.75) is 82.6 Å². The van der Waals surface area contributed by atoms with Crippen molar-refractivity contribution in [1.82, 2.24) is 31.2 Å². The van der Waals surface area contributed by atoms with Gasteiger partial charge in [-0.3, -0.25) is 23.7 Å². The molecule has 17 heteroatoms. The Labute approximate surface area is 291 Å². The standard InChI is InChI=1S/C33H48N8O8S/c1-6-19(4)28(40-31(44)27(34)18(2)3)33(46)39-25(15-21-16-35-17-38-21)30(43)41-29(20(5)42)32(45)37-14-13-36-24-11-7-10-23-22(24)9-8-12-26(23)50(47,48)49/h7-12,16-20,25,27-29,36,42H,6,13-15,34H2,1-5H3,(H,35,38)(H,37,45)(H,39,46)(H,40,44)(H,41,43)(H,47,48,49)/t19-,20+,25-,27-,28-,29-/m0/s1. The number of anilines is 1. The number of aromatic amines is 1. The Morgan fingerprint density at radius 1 is 0.880 bits per heavy atom. The number of carbonyl (C=O) groups is 4. The lowest BCUT2D eigenvalue weighted by Gasteiger charge is -2.29. The number of hydrogen-bond acceptors (Lipinski definition) is 10. The van der Waals surface area contributed by atoms with Gasteiger partial charge in [0.15, 0.2) is 0 Å². The highest BCUT2D eigenvalue weighted by molar-refractivity contribution is 7.86. The summed E-state index contributed by atoms with van der Waals surface area (Å²) in [5.74, 6) is -3.06. The number of amides is 4. The Morgan fingerprint density at radius 2 is 1.54 bits per heavy atom. The summed E-state index contributed by atoms with van der Waals surface area (Å²) >= 11 is 0. The summed E-state index contributed by atoms with van der Waals surface area (Å²) < 4.78 is 33.2. The Balaban J connectivity index is 1.70. The van der Waals surface area contributed by atoms with Gasteiger partial charge in [-0.1, -0.05) is 58.4 Å². The van der Waals surface area contributed by atoms with Crippen LogP contribution in [0, 0.1) is 11.8 Å². The van der Waals surface area contributed by atoms with Crippen LogP contribution in [0.2, 0.25) is 0 Å². The molecule has 0 spiro atoms. The van der Waals surface area contributed by atoms with Gasteiger partial charge >= 0.3 is 0 Å². The molecule has 1 aromatic heterocycles. The van der Waals surface area contributed by atoms with Crippen molar-refractivity contribution in [2.75, 3.05) is 18.4 Å². The molecule has 2 aromatic carbocycles. The number of carbonyl (C=O) groups excluding carboxylic acids is 4. The van der Waals surface area contributed by atoms with Crippen molar-refractivity contribution in [3.63, 3.8) is 0 Å². The van der Waals surface area contributed by atoms with E-state index in [4.69, 9.17) is 5.73 Å². The van der Waals surface area contributed by atoms with Crippen LogP contribution in [0.4, 0.5) is 5.69 Å². The molecule has 4 amide bonds. The van der Waals surface area contributed by atoms with Crippen molar-refractivity contribution < 1.29 is 37.3 Å². The van der Waals surface area contributed by atoms with Crippen LogP contribution in [0.1, 0.15) is 46.7 Å². The number of benzene rings is 2. The lowest BCUT2D eigenvalue weighted by atomic mass is 9.96. The van der Waals surface area contributed by atoms with Crippen molar-refractivity contribution >= 4 is 50.2 Å². The van der Waals surface area contributed by atoms with Gasteiger partial charge in [0.1, 0.15) is 23.0 Å². The quantitative estimate of drug-likeness (QED) is 0.0645. The molecule has 3 aromatic rings. The zero-order valence-corrected chi connectivity index (χ0v) is 29.6. The predicted molar refractivity (Wildman–Crippen MR) is 187 cm³/mol. The second kappa shape index (κ2) is 17.9. The Kier molecular flexibility index (Phi) is 14.3. The van der Waals surface area contributed by atoms with Gasteiger partial charge < -0.3 is 42.4 Å². The van der Waals surface area contributed by atoms with E-state index in [-0.39, 0.29) is 36.2 Å². The predicted octanol–water partition coefficient (Wildman–Crippen LogP) is 0.445. The van der Waals surface area contributed by atoms with Gasteiger partial charge in [-0.05, 0) is 30.9 Å². The van der Waals surface area contributed by atoms with E-state index in [1.165, 1.54) is 31.6 Å². The number of nitrogens with zero attached hydrogens (tertiary/aromatic N) is 1. The molecule has 0 aliphatic rings. The summed E-state index contributed by atoms with van der Waals surface area (Å²) in [6.45, 7) is 8.79. The number of nitrogens with one attached hydrogen (secondary N) is 6. The molecule has 0 radical (unpaired) electrons. The first-order chi connectivity index (χ1) is 23.5. The van der Waals surface area contributed by atoms with E-state index in [2.05, 4.69) is 36.6 Å². The SMILES string of the molecule is CC[C@H](C)[C@H](NC(=O)[C@@H](N)C(C)C)C(=O)N[C@@H](Cc1cnc[nH]1)C(=O)N[C@H](C(=O)NCCNc1cccc2c(S(=O)(=O)O)cccc12)[C@@H](C)O. The molecule has 1 heterocycles. The third-order valence-electron chi connectivity index (χ3n) is 8.39. The minimum Gasteiger partial charge on any atom is -0.391 e. The first-order valence-electron chi connectivity index (χ1n) is 16.4. The van der Waals surface area contributed by atoms with Crippen LogP contribution in [0.3, 0.4) is 0 Å². The normalized spacial score (nSPS) is 15.3. The molecule has 6 atom stereocenters. The highest BCUT2D eigenvalue weighted by Gasteiger charge is 2.34. The average Bonchev–Trinajstić information content (AvgIpc) is 3.58. The van der Waals surface area contributed by atoms with Crippen molar-refractivity contribution in [1.29, 1.82) is 0 Å². The van der Waals surface area contributed by atoms with Crippen LogP contribution >= 0.6 is 0 Å². The summed E-state index contributed by atoms with van der Waals surface area (Å²) in [7, 11) is -4.45. The zero-order valence-electron chi connectivity index (χ0n) is 28.8. The largest absolute Gasteiger partial charge is 0.391 e. The molecule has 3 rings (SSSR count). The fourth-order valence-electron chi connectivity index (χ4n) is 5.15. The number of rotatable bonds is 18. The third-order valence-corrected chi connectivity index (χ3v) is 9.30. The first-order valence-corrected chi connectivity index (χ1v) is 17.8. The van der Waals surface area contributed by atoms with Gasteiger partial charge in [-0.2, -0.15) is 8.42 Å². The minimum atomic E-state index is -4.45. The highest BCUT2D eigenvalue weighted by atomic mass is 32.2. The Bertz CT molecular complexity index is 1730. The van der Waals surface area contributed by atoms with Crippen LogP contribution in [0.25, 0.3) is 10.8 Å². The van der Waals surface area contributed by atoms with Gasteiger partial charge in [0.2, 0.25) is 23.6 Å². The maximum atomic E-state index is 13.6. The maximum absolute atomic E-state index is 13.6. The summed E-state index contributed by atoms with van der Waals surface area (Å²) in [5, 5.41) is 25.0. The molecule has 0 bridgehead atoms. The number of H-pyrrole nitrogens is 1. The number of aromatic nitrogens is 2. The van der Waals surface area contributed by atoms with Gasteiger partial charge in [0.25, 0.3) is 10.1 Å². The van der Waals surface area contributed by atoms with Crippen molar-refractivity contribution in [2.24, 2.45) is 17.6 Å². The smallest absolute Gasteiger partial charge is 0.295 e. The zero-order chi connectivity index (χ0) is 37.2. The second-order valence-electron chi connectivity index (χ2n) is 12.6. The molecule has 0 fully saturated rings. The molecule has 10 N–H and O–H groups in total. The fourth-order valence-corrected chi connectivity index (χ4v) is 5.86. The number of imidazole rings is 1. The van der Waals surface area contributed by atoms with Gasteiger partial charge in [0.05, 0.1) is 18.5 Å². The molecule has 0 unspecified atom stereocenters. The van der Waals surface area contributed by atoms with E-state index in [0.717, 1.165) is 0 Å². The minimum absolute atomic E-state index is 0.0351. The topological polar surface area (TPSA) is 258 Å². The number of aliphatic hydroxyl groups excluding tert-OH is 1. The van der Waals surface area contributed by atoms with E-state index >= 15 is 0 Å². The fraction of sp³-hybridized carbons (Fsp3) is 0.485. The van der Waals surface area contributed by atoms with Crippen LogP contribution in [-0.4, -0.2) is 95.0 Å². The van der Waals surface area contributed by atoms with Gasteiger partial charge in [-0.15, -0.1) is 0 Å². The molecule has 0 saturated heterocycles. The molecule has 50 heavy (non-hydrogen) atoms. The molecule has 274 valence electrons. The van der Waals surface area contributed by atoms with E-state index in [1.807, 2.05) is 6.92 Å². The van der Waals surface area contributed by atoms with Crippen molar-refractivity contribution in [3.8, 4) is 0 Å². The van der Waals surface area contributed by atoms with Gasteiger partial charge in [-0.25, -0.2) is 4.98 Å². The first kappa shape index (κ1) is 39.9. The van der Waals surface area contributed by atoms with Crippen LogP contribution in [0.15, 0.2) is 53.8 Å². The number of fused-ring (bicyclic) bond motifs is 1. The molecule has 16 nitrogen and oxygen atoms in total. The number of nitrogens with two attached hydrogens (primary N) is 1. The molecular formula is C33H48N8O8S. The van der Waals surface area contributed by atoms with Crippen molar-refractivity contribution in [3.05, 3.63) is 54.6 Å². The van der Waals surface area contributed by atoms with Crippen LogP contribution < -0.4 is 32.3 Å². The highest BCUT2D eigenvalue weighted by Crippen LogP contribution is 2.28. The number of hydrogen-bond donors (Lipinski definition) is 9. The van der Waals surface area contributed by atoms with E-state index in [9.17, 15) is 37.3 Å². The summed E-state index contributed by atoms with van der Waals surface area (Å²) in [6.07, 6.45) is 2.07. The van der Waals surface area contributed by atoms with Crippen LogP contribution in [-0.2, 0) is 35.7 Å². The summed E-state index contributed by atoms with van der Waals surface area (Å²) in [6, 6.07) is 4.90. The lowest BCUT2D eigenvalue weighted by molar-refractivity contribution is -0.135. The van der Waals surface area contributed by atoms with Crippen LogP contribution in [0.5, 0.6) is 0 Å². The van der Waals surface area contributed by atoms with E-state index < -0.39 is 64.0 Å². The molecule has 0 aliphatic carbocycles. The second-order valence-corrected chi connectivity index (χ2v) is 14.0. The Morgan fingerprint density at radius 3 is 2.14 bits per heavy atom. The molecule has 0 aliphatic heterocycles. The van der Waals surface area contributed by atoms with E-state index in [1.54, 1.807) is 45.0 Å². The van der Waals surface area contributed by atoms with E-state index in [0.29, 0.717) is 28.6 Å².